The Morgan fingerprint density at radius 2 is 2.06 bits per heavy atom. The van der Waals surface area contributed by atoms with Gasteiger partial charge in [0.1, 0.15) is 5.75 Å². The third-order valence-electron chi connectivity index (χ3n) is 2.83. The number of carboxylic acids is 1. The van der Waals surface area contributed by atoms with Crippen molar-refractivity contribution in [2.24, 2.45) is 0 Å². The SMILES string of the molecule is CCN(C(=O)CS(=O)C(C)CC(=O)O)C1CC1. The van der Waals surface area contributed by atoms with Gasteiger partial charge < -0.3 is 10.0 Å². The van der Waals surface area contributed by atoms with E-state index in [1.165, 1.54) is 0 Å². The lowest BCUT2D eigenvalue weighted by atomic mass is 10.3. The third kappa shape index (κ3) is 4.46. The fourth-order valence-corrected chi connectivity index (χ4v) is 2.73. The number of nitrogens with zero attached hydrogens (tertiary/aromatic N) is 1. The maximum absolute atomic E-state index is 11.8. The molecule has 0 aromatic rings. The number of amides is 1. The number of hydrogen-bond donors (Lipinski definition) is 1. The predicted molar refractivity (Wildman–Crippen MR) is 65.1 cm³/mol. The summed E-state index contributed by atoms with van der Waals surface area (Å²) in [4.78, 5) is 24.1. The lowest BCUT2D eigenvalue weighted by molar-refractivity contribution is -0.137. The first kappa shape index (κ1) is 14.2. The Morgan fingerprint density at radius 1 is 1.47 bits per heavy atom. The average molecular weight is 261 g/mol. The van der Waals surface area contributed by atoms with Crippen LogP contribution in [0.3, 0.4) is 0 Å². The highest BCUT2D eigenvalue weighted by molar-refractivity contribution is 7.86. The molecule has 0 radical (unpaired) electrons. The molecule has 0 spiro atoms. The van der Waals surface area contributed by atoms with E-state index in [9.17, 15) is 13.8 Å². The van der Waals surface area contributed by atoms with Crippen LogP contribution in [0.2, 0.25) is 0 Å². The summed E-state index contributed by atoms with van der Waals surface area (Å²) < 4.78 is 11.8. The van der Waals surface area contributed by atoms with E-state index in [1.54, 1.807) is 11.8 Å². The smallest absolute Gasteiger partial charge is 0.304 e. The van der Waals surface area contributed by atoms with Crippen molar-refractivity contribution in [1.29, 1.82) is 0 Å². The molecule has 0 heterocycles. The number of aliphatic carboxylic acids is 1. The van der Waals surface area contributed by atoms with E-state index in [2.05, 4.69) is 0 Å². The minimum Gasteiger partial charge on any atom is -0.481 e. The zero-order valence-electron chi connectivity index (χ0n) is 10.2. The van der Waals surface area contributed by atoms with E-state index in [0.29, 0.717) is 12.6 Å². The Morgan fingerprint density at radius 3 is 2.47 bits per heavy atom. The summed E-state index contributed by atoms with van der Waals surface area (Å²) in [7, 11) is -1.40. The van der Waals surface area contributed by atoms with Crippen molar-refractivity contribution in [3.8, 4) is 0 Å². The molecule has 1 aliphatic rings. The molecular weight excluding hydrogens is 242 g/mol. The molecule has 5 nitrogen and oxygen atoms in total. The molecule has 1 amide bonds. The first-order valence-corrected chi connectivity index (χ1v) is 7.22. The molecule has 6 heteroatoms. The first-order chi connectivity index (χ1) is 7.95. The summed E-state index contributed by atoms with van der Waals surface area (Å²) in [5.41, 5.74) is 0. The molecule has 0 bridgehead atoms. The molecule has 98 valence electrons. The summed E-state index contributed by atoms with van der Waals surface area (Å²) >= 11 is 0. The van der Waals surface area contributed by atoms with E-state index in [4.69, 9.17) is 5.11 Å². The summed E-state index contributed by atoms with van der Waals surface area (Å²) in [5, 5.41) is 8.11. The van der Waals surface area contributed by atoms with Crippen molar-refractivity contribution in [2.45, 2.75) is 44.4 Å². The van der Waals surface area contributed by atoms with Gasteiger partial charge in [0.2, 0.25) is 5.91 Å². The number of carboxylic acid groups (broad SMARTS) is 1. The van der Waals surface area contributed by atoms with E-state index < -0.39 is 22.0 Å². The Kier molecular flexibility index (Phi) is 5.11. The van der Waals surface area contributed by atoms with Crippen molar-refractivity contribution in [3.05, 3.63) is 0 Å². The largest absolute Gasteiger partial charge is 0.481 e. The monoisotopic (exact) mass is 261 g/mol. The normalized spacial score (nSPS) is 18.5. The lowest BCUT2D eigenvalue weighted by Crippen LogP contribution is -2.37. The summed E-state index contributed by atoms with van der Waals surface area (Å²) in [6, 6.07) is 0.319. The molecular formula is C11H19NO4S. The Labute approximate surface area is 104 Å². The molecule has 1 fully saturated rings. The molecule has 1 saturated carbocycles. The highest BCUT2D eigenvalue weighted by atomic mass is 32.2. The Balaban J connectivity index is 2.43. The van der Waals surface area contributed by atoms with Gasteiger partial charge in [0, 0.05) is 28.6 Å². The number of carbonyl (C=O) groups is 2. The summed E-state index contributed by atoms with van der Waals surface area (Å²) in [6.07, 6.45) is 1.89. The van der Waals surface area contributed by atoms with E-state index >= 15 is 0 Å². The zero-order valence-corrected chi connectivity index (χ0v) is 11.0. The van der Waals surface area contributed by atoms with Crippen molar-refractivity contribution in [2.75, 3.05) is 12.3 Å². The molecule has 0 aliphatic heterocycles. The molecule has 0 saturated heterocycles. The second-order valence-electron chi connectivity index (χ2n) is 4.34. The van der Waals surface area contributed by atoms with Crippen LogP contribution in [0.4, 0.5) is 0 Å². The van der Waals surface area contributed by atoms with Crippen LogP contribution in [0.25, 0.3) is 0 Å². The predicted octanol–water partition coefficient (Wildman–Crippen LogP) is 0.609. The summed E-state index contributed by atoms with van der Waals surface area (Å²) in [6.45, 7) is 4.14. The molecule has 0 aromatic carbocycles. The van der Waals surface area contributed by atoms with Crippen LogP contribution >= 0.6 is 0 Å². The van der Waals surface area contributed by atoms with Gasteiger partial charge in [-0.1, -0.05) is 6.92 Å². The van der Waals surface area contributed by atoms with Gasteiger partial charge >= 0.3 is 5.97 Å². The number of rotatable bonds is 7. The second kappa shape index (κ2) is 6.14. The topological polar surface area (TPSA) is 74.7 Å². The molecule has 1 aliphatic carbocycles. The van der Waals surface area contributed by atoms with Crippen molar-refractivity contribution in [3.63, 3.8) is 0 Å². The van der Waals surface area contributed by atoms with E-state index in [1.807, 2.05) is 6.92 Å². The van der Waals surface area contributed by atoms with Gasteiger partial charge in [-0.15, -0.1) is 0 Å². The fourth-order valence-electron chi connectivity index (χ4n) is 1.71. The van der Waals surface area contributed by atoms with Gasteiger partial charge in [-0.05, 0) is 19.8 Å². The highest BCUT2D eigenvalue weighted by Gasteiger charge is 2.32. The third-order valence-corrected chi connectivity index (χ3v) is 4.42. The van der Waals surface area contributed by atoms with E-state index in [-0.39, 0.29) is 18.1 Å². The van der Waals surface area contributed by atoms with Crippen LogP contribution in [0.1, 0.15) is 33.1 Å². The molecule has 2 unspecified atom stereocenters. The first-order valence-electron chi connectivity index (χ1n) is 5.84. The number of hydrogen-bond acceptors (Lipinski definition) is 3. The minimum absolute atomic E-state index is 0.0568. The zero-order chi connectivity index (χ0) is 13.0. The fraction of sp³-hybridized carbons (Fsp3) is 0.818. The Hall–Kier alpha value is -0.910. The molecule has 0 aromatic heterocycles. The minimum atomic E-state index is -1.40. The highest BCUT2D eigenvalue weighted by Crippen LogP contribution is 2.26. The van der Waals surface area contributed by atoms with Gasteiger partial charge in [-0.25, -0.2) is 0 Å². The van der Waals surface area contributed by atoms with Crippen LogP contribution in [0.15, 0.2) is 0 Å². The lowest BCUT2D eigenvalue weighted by Gasteiger charge is -2.20. The van der Waals surface area contributed by atoms with Crippen LogP contribution in [0, 0.1) is 0 Å². The molecule has 17 heavy (non-hydrogen) atoms. The molecule has 2 atom stereocenters. The van der Waals surface area contributed by atoms with Crippen molar-refractivity contribution in [1.82, 2.24) is 4.90 Å². The van der Waals surface area contributed by atoms with Gasteiger partial charge in [-0.3, -0.25) is 13.8 Å². The van der Waals surface area contributed by atoms with E-state index in [0.717, 1.165) is 12.8 Å². The summed E-state index contributed by atoms with van der Waals surface area (Å²) in [5.74, 6) is -1.16. The molecule has 1 rings (SSSR count). The maximum Gasteiger partial charge on any atom is 0.304 e. The van der Waals surface area contributed by atoms with Crippen molar-refractivity contribution >= 4 is 22.7 Å². The maximum atomic E-state index is 11.8. The van der Waals surface area contributed by atoms with Crippen LogP contribution in [-0.4, -0.2) is 49.7 Å². The van der Waals surface area contributed by atoms with Crippen LogP contribution in [-0.2, 0) is 20.4 Å². The van der Waals surface area contributed by atoms with Gasteiger partial charge in [-0.2, -0.15) is 0 Å². The standard InChI is InChI=1S/C11H19NO4S/c1-3-12(9-4-5-9)10(13)7-17(16)8(2)6-11(14)15/h8-9H,3-7H2,1-2H3,(H,14,15). The van der Waals surface area contributed by atoms with Crippen molar-refractivity contribution < 1.29 is 18.9 Å². The quantitative estimate of drug-likeness (QED) is 0.728. The van der Waals surface area contributed by atoms with Gasteiger partial charge in [0.25, 0.3) is 0 Å². The number of carbonyl (C=O) groups excluding carboxylic acids is 1. The van der Waals surface area contributed by atoms with Crippen LogP contribution < -0.4 is 0 Å². The molecule has 1 N–H and O–H groups in total. The average Bonchev–Trinajstić information content (AvgIpc) is 3.01. The van der Waals surface area contributed by atoms with Gasteiger partial charge in [0.05, 0.1) is 6.42 Å². The van der Waals surface area contributed by atoms with Crippen LogP contribution in [0.5, 0.6) is 0 Å². The second-order valence-corrected chi connectivity index (χ2v) is 6.20. The van der Waals surface area contributed by atoms with Gasteiger partial charge in [0.15, 0.2) is 0 Å². The Bertz CT molecular complexity index is 327.